The third-order valence-corrected chi connectivity index (χ3v) is 1.70. The van der Waals surface area contributed by atoms with Gasteiger partial charge in [-0.15, -0.1) is 0 Å². The first-order chi connectivity index (χ1) is 6.76. The number of ether oxygens (including phenoxy) is 2. The van der Waals surface area contributed by atoms with Gasteiger partial charge in [-0.05, 0) is 6.07 Å². The Morgan fingerprint density at radius 3 is 2.79 bits per heavy atom. The summed E-state index contributed by atoms with van der Waals surface area (Å²) in [5.74, 6) is 0.344. The number of hydrogen-bond donors (Lipinski definition) is 0. The summed E-state index contributed by atoms with van der Waals surface area (Å²) in [5, 5.41) is 0. The zero-order valence-electron chi connectivity index (χ0n) is 8.32. The first-order valence-corrected chi connectivity index (χ1v) is 4.40. The minimum Gasteiger partial charge on any atom is -0.481 e. The summed E-state index contributed by atoms with van der Waals surface area (Å²) in [6, 6.07) is 3.55. The smallest absolute Gasteiger partial charge is 0.305 e. The summed E-state index contributed by atoms with van der Waals surface area (Å²) >= 11 is 0. The number of carbonyl (C=O) groups is 1. The normalized spacial score (nSPS) is 9.57. The molecule has 0 aliphatic heterocycles. The van der Waals surface area contributed by atoms with Crippen LogP contribution < -0.4 is 4.74 Å². The number of carbonyl (C=O) groups excluding carboxylic acids is 1. The van der Waals surface area contributed by atoms with E-state index in [9.17, 15) is 4.79 Å². The molecule has 0 aromatic carbocycles. The van der Waals surface area contributed by atoms with Crippen LogP contribution in [0.2, 0.25) is 0 Å². The van der Waals surface area contributed by atoms with Crippen LogP contribution in [0.5, 0.6) is 5.88 Å². The second-order valence-electron chi connectivity index (χ2n) is 2.72. The highest BCUT2D eigenvalue weighted by atomic mass is 16.5. The average molecular weight is 195 g/mol. The number of nitrogens with zero attached hydrogens (tertiary/aromatic N) is 1. The van der Waals surface area contributed by atoms with Gasteiger partial charge in [0.2, 0.25) is 5.88 Å². The van der Waals surface area contributed by atoms with E-state index in [-0.39, 0.29) is 12.6 Å². The van der Waals surface area contributed by atoms with Crippen molar-refractivity contribution >= 4 is 5.97 Å². The molecule has 1 aromatic rings. The van der Waals surface area contributed by atoms with Crippen molar-refractivity contribution < 1.29 is 14.3 Å². The van der Waals surface area contributed by atoms with E-state index in [1.54, 1.807) is 26.3 Å². The zero-order valence-corrected chi connectivity index (χ0v) is 8.32. The van der Waals surface area contributed by atoms with Gasteiger partial charge >= 0.3 is 5.97 Å². The quantitative estimate of drug-likeness (QED) is 0.684. The standard InChI is InChI=1S/C10H13NO3/c1-3-10(12)14-7-8-4-5-9(13-2)11-6-8/h4-6H,3,7H2,1-2H3. The summed E-state index contributed by atoms with van der Waals surface area (Å²) in [6.45, 7) is 2.03. The third-order valence-electron chi connectivity index (χ3n) is 1.70. The van der Waals surface area contributed by atoms with Crippen LogP contribution >= 0.6 is 0 Å². The van der Waals surface area contributed by atoms with E-state index in [0.29, 0.717) is 12.3 Å². The monoisotopic (exact) mass is 195 g/mol. The van der Waals surface area contributed by atoms with E-state index in [0.717, 1.165) is 5.56 Å². The van der Waals surface area contributed by atoms with Gasteiger partial charge < -0.3 is 9.47 Å². The molecule has 0 atom stereocenters. The fourth-order valence-electron chi connectivity index (χ4n) is 0.883. The molecular weight excluding hydrogens is 182 g/mol. The molecule has 0 aliphatic carbocycles. The van der Waals surface area contributed by atoms with Crippen molar-refractivity contribution in [2.24, 2.45) is 0 Å². The van der Waals surface area contributed by atoms with Gasteiger partial charge in [-0.1, -0.05) is 6.92 Å². The van der Waals surface area contributed by atoms with Crippen LogP contribution in [0.25, 0.3) is 0 Å². The second kappa shape index (κ2) is 5.21. The van der Waals surface area contributed by atoms with Gasteiger partial charge in [0, 0.05) is 24.2 Å². The van der Waals surface area contributed by atoms with Gasteiger partial charge in [-0.3, -0.25) is 4.79 Å². The molecule has 0 spiro atoms. The first kappa shape index (κ1) is 10.5. The third kappa shape index (κ3) is 3.05. The van der Waals surface area contributed by atoms with Gasteiger partial charge in [0.15, 0.2) is 0 Å². The molecule has 0 fully saturated rings. The molecule has 0 saturated heterocycles. The van der Waals surface area contributed by atoms with E-state index in [2.05, 4.69) is 4.98 Å². The van der Waals surface area contributed by atoms with Crippen LogP contribution in [-0.2, 0) is 16.1 Å². The summed E-state index contributed by atoms with van der Waals surface area (Å²) < 4.78 is 9.83. The lowest BCUT2D eigenvalue weighted by Gasteiger charge is -2.03. The average Bonchev–Trinajstić information content (AvgIpc) is 2.26. The number of pyridine rings is 1. The lowest BCUT2D eigenvalue weighted by Crippen LogP contribution is -2.02. The summed E-state index contributed by atoms with van der Waals surface area (Å²) in [5.41, 5.74) is 0.854. The Balaban J connectivity index is 2.47. The van der Waals surface area contributed by atoms with E-state index >= 15 is 0 Å². The molecule has 14 heavy (non-hydrogen) atoms. The van der Waals surface area contributed by atoms with Crippen molar-refractivity contribution in [2.45, 2.75) is 20.0 Å². The number of methoxy groups -OCH3 is 1. The molecule has 0 N–H and O–H groups in total. The van der Waals surface area contributed by atoms with Gasteiger partial charge in [0.25, 0.3) is 0 Å². The number of rotatable bonds is 4. The van der Waals surface area contributed by atoms with Gasteiger partial charge in [0.05, 0.1) is 7.11 Å². The molecule has 4 heteroatoms. The molecular formula is C10H13NO3. The first-order valence-electron chi connectivity index (χ1n) is 4.40. The van der Waals surface area contributed by atoms with Crippen molar-refractivity contribution in [3.05, 3.63) is 23.9 Å². The fourth-order valence-corrected chi connectivity index (χ4v) is 0.883. The lowest BCUT2D eigenvalue weighted by atomic mass is 10.3. The summed E-state index contributed by atoms with van der Waals surface area (Å²) in [7, 11) is 1.55. The maximum Gasteiger partial charge on any atom is 0.305 e. The van der Waals surface area contributed by atoms with Crippen LogP contribution in [0.1, 0.15) is 18.9 Å². The molecule has 0 amide bonds. The summed E-state index contributed by atoms with van der Waals surface area (Å²) in [4.78, 5) is 14.8. The fraction of sp³-hybridized carbons (Fsp3) is 0.400. The molecule has 76 valence electrons. The Hall–Kier alpha value is -1.58. The molecule has 4 nitrogen and oxygen atoms in total. The van der Waals surface area contributed by atoms with Gasteiger partial charge in [-0.2, -0.15) is 0 Å². The van der Waals surface area contributed by atoms with E-state index in [1.807, 2.05) is 6.07 Å². The Labute approximate surface area is 82.9 Å². The van der Waals surface area contributed by atoms with Crippen molar-refractivity contribution in [3.63, 3.8) is 0 Å². The highest BCUT2D eigenvalue weighted by Gasteiger charge is 2.00. The van der Waals surface area contributed by atoms with Gasteiger partial charge in [-0.25, -0.2) is 4.98 Å². The Kier molecular flexibility index (Phi) is 3.91. The molecule has 0 aliphatic rings. The Bertz CT molecular complexity index is 295. The van der Waals surface area contributed by atoms with Crippen molar-refractivity contribution in [3.8, 4) is 5.88 Å². The van der Waals surface area contributed by atoms with E-state index < -0.39 is 0 Å². The minimum absolute atomic E-state index is 0.208. The number of aromatic nitrogens is 1. The maximum atomic E-state index is 10.8. The van der Waals surface area contributed by atoms with Crippen molar-refractivity contribution in [2.75, 3.05) is 7.11 Å². The molecule has 1 aromatic heterocycles. The number of esters is 1. The Morgan fingerprint density at radius 2 is 2.29 bits per heavy atom. The van der Waals surface area contributed by atoms with E-state index in [1.165, 1.54) is 0 Å². The van der Waals surface area contributed by atoms with Crippen LogP contribution in [0.3, 0.4) is 0 Å². The molecule has 0 saturated carbocycles. The molecule has 0 unspecified atom stereocenters. The lowest BCUT2D eigenvalue weighted by molar-refractivity contribution is -0.144. The molecule has 0 bridgehead atoms. The van der Waals surface area contributed by atoms with Crippen LogP contribution in [0, 0.1) is 0 Å². The van der Waals surface area contributed by atoms with Gasteiger partial charge in [0.1, 0.15) is 6.61 Å². The molecule has 0 radical (unpaired) electrons. The number of hydrogen-bond acceptors (Lipinski definition) is 4. The summed E-state index contributed by atoms with van der Waals surface area (Å²) in [6.07, 6.45) is 2.02. The second-order valence-corrected chi connectivity index (χ2v) is 2.72. The molecule has 1 heterocycles. The van der Waals surface area contributed by atoms with Crippen LogP contribution in [0.4, 0.5) is 0 Å². The van der Waals surface area contributed by atoms with Crippen LogP contribution in [-0.4, -0.2) is 18.1 Å². The Morgan fingerprint density at radius 1 is 1.50 bits per heavy atom. The van der Waals surface area contributed by atoms with Crippen LogP contribution in [0.15, 0.2) is 18.3 Å². The molecule has 1 rings (SSSR count). The minimum atomic E-state index is -0.208. The van der Waals surface area contributed by atoms with Crippen molar-refractivity contribution in [1.82, 2.24) is 4.98 Å². The predicted octanol–water partition coefficient (Wildman–Crippen LogP) is 1.54. The predicted molar refractivity (Wildman–Crippen MR) is 50.9 cm³/mol. The highest BCUT2D eigenvalue weighted by Crippen LogP contribution is 2.07. The van der Waals surface area contributed by atoms with E-state index in [4.69, 9.17) is 9.47 Å². The SMILES string of the molecule is CCC(=O)OCc1ccc(OC)nc1. The van der Waals surface area contributed by atoms with Crippen molar-refractivity contribution in [1.29, 1.82) is 0 Å². The zero-order chi connectivity index (χ0) is 10.4. The topological polar surface area (TPSA) is 48.4 Å². The largest absolute Gasteiger partial charge is 0.481 e. The highest BCUT2D eigenvalue weighted by molar-refractivity contribution is 5.68. The maximum absolute atomic E-state index is 10.8.